The van der Waals surface area contributed by atoms with Crippen LogP contribution in [0, 0.1) is 0 Å². The molecule has 1 N–H and O–H groups in total. The summed E-state index contributed by atoms with van der Waals surface area (Å²) in [6.45, 7) is 4.18. The van der Waals surface area contributed by atoms with E-state index in [0.717, 1.165) is 16.9 Å². The van der Waals surface area contributed by atoms with Gasteiger partial charge in [0.2, 0.25) is 0 Å². The van der Waals surface area contributed by atoms with Crippen LogP contribution in [-0.2, 0) is 6.42 Å². The maximum absolute atomic E-state index is 10.3. The first-order chi connectivity index (χ1) is 9.47. The molecule has 0 fully saturated rings. The Morgan fingerprint density at radius 1 is 1.15 bits per heavy atom. The maximum atomic E-state index is 10.3. The zero-order valence-electron chi connectivity index (χ0n) is 12.6. The van der Waals surface area contributed by atoms with Crippen LogP contribution >= 0.6 is 0 Å². The molecule has 0 radical (unpaired) electrons. The van der Waals surface area contributed by atoms with Crippen LogP contribution in [0.25, 0.3) is 0 Å². The van der Waals surface area contributed by atoms with E-state index in [1.165, 1.54) is 0 Å². The molecule has 0 saturated carbocycles. The predicted molar refractivity (Wildman–Crippen MR) is 82.0 cm³/mol. The number of aromatic nitrogens is 2. The number of aliphatic hydroxyl groups excluding tert-OH is 1. The molecule has 0 amide bonds. The predicted octanol–water partition coefficient (Wildman–Crippen LogP) is 2.81. The molecular weight excluding hydrogens is 250 g/mol. The normalized spacial score (nSPS) is 12.7. The van der Waals surface area contributed by atoms with Gasteiger partial charge in [0.1, 0.15) is 0 Å². The molecule has 2 rings (SSSR count). The van der Waals surface area contributed by atoms with E-state index >= 15 is 0 Å². The summed E-state index contributed by atoms with van der Waals surface area (Å²) in [6, 6.07) is 10.3. The summed E-state index contributed by atoms with van der Waals surface area (Å²) in [6.07, 6.45) is 1.99. The van der Waals surface area contributed by atoms with Gasteiger partial charge in [-0.25, -0.2) is 0 Å². The number of hydrogen-bond donors (Lipinski definition) is 1. The van der Waals surface area contributed by atoms with Crippen LogP contribution in [0.4, 0.5) is 5.69 Å². The molecule has 0 saturated heterocycles. The smallest absolute Gasteiger partial charge is 0.0846 e. The Balaban J connectivity index is 2.05. The number of anilines is 1. The second-order valence-electron chi connectivity index (χ2n) is 5.59. The number of rotatable bonds is 5. The van der Waals surface area contributed by atoms with Gasteiger partial charge in [-0.05, 0) is 37.6 Å². The van der Waals surface area contributed by atoms with E-state index in [1.54, 1.807) is 0 Å². The minimum Gasteiger partial charge on any atom is -0.388 e. The standard InChI is InChI=1S/C16H23N3O/c1-12(2)19-10-9-14(17-19)11-16(20)13-5-7-15(8-6-13)18(3)4/h5-10,12,16,20H,11H2,1-4H3. The number of hydrogen-bond acceptors (Lipinski definition) is 3. The van der Waals surface area contributed by atoms with Gasteiger partial charge in [-0.15, -0.1) is 0 Å². The zero-order chi connectivity index (χ0) is 14.7. The van der Waals surface area contributed by atoms with Crippen LogP contribution in [0.3, 0.4) is 0 Å². The molecule has 1 aromatic carbocycles. The lowest BCUT2D eigenvalue weighted by atomic mass is 10.0. The molecular formula is C16H23N3O. The highest BCUT2D eigenvalue weighted by Crippen LogP contribution is 2.21. The molecule has 4 nitrogen and oxygen atoms in total. The van der Waals surface area contributed by atoms with Gasteiger partial charge in [-0.3, -0.25) is 4.68 Å². The van der Waals surface area contributed by atoms with E-state index in [4.69, 9.17) is 0 Å². The van der Waals surface area contributed by atoms with Crippen molar-refractivity contribution in [2.24, 2.45) is 0 Å². The van der Waals surface area contributed by atoms with Crippen molar-refractivity contribution in [3.8, 4) is 0 Å². The first kappa shape index (κ1) is 14.6. The van der Waals surface area contributed by atoms with Gasteiger partial charge >= 0.3 is 0 Å². The Labute approximate surface area is 120 Å². The van der Waals surface area contributed by atoms with E-state index in [0.29, 0.717) is 12.5 Å². The Morgan fingerprint density at radius 3 is 2.30 bits per heavy atom. The topological polar surface area (TPSA) is 41.3 Å². The molecule has 1 aromatic heterocycles. The monoisotopic (exact) mass is 273 g/mol. The van der Waals surface area contributed by atoms with Gasteiger partial charge < -0.3 is 10.0 Å². The molecule has 1 atom stereocenters. The van der Waals surface area contributed by atoms with Crippen molar-refractivity contribution in [1.82, 2.24) is 9.78 Å². The van der Waals surface area contributed by atoms with Crippen molar-refractivity contribution < 1.29 is 5.11 Å². The van der Waals surface area contributed by atoms with Crippen LogP contribution in [-0.4, -0.2) is 29.0 Å². The van der Waals surface area contributed by atoms with Crippen LogP contribution in [0.1, 0.15) is 37.3 Å². The fourth-order valence-electron chi connectivity index (χ4n) is 2.08. The zero-order valence-corrected chi connectivity index (χ0v) is 12.6. The van der Waals surface area contributed by atoms with Crippen LogP contribution in [0.2, 0.25) is 0 Å². The molecule has 0 bridgehead atoms. The van der Waals surface area contributed by atoms with Gasteiger partial charge in [0.05, 0.1) is 11.8 Å². The summed E-state index contributed by atoms with van der Waals surface area (Å²) in [5.41, 5.74) is 2.97. The summed E-state index contributed by atoms with van der Waals surface area (Å²) in [5, 5.41) is 14.8. The average Bonchev–Trinajstić information content (AvgIpc) is 2.87. The minimum absolute atomic E-state index is 0.347. The molecule has 108 valence electrons. The molecule has 1 unspecified atom stereocenters. The Bertz CT molecular complexity index is 543. The highest BCUT2D eigenvalue weighted by atomic mass is 16.3. The third kappa shape index (κ3) is 3.39. The van der Waals surface area contributed by atoms with E-state index in [9.17, 15) is 5.11 Å². The van der Waals surface area contributed by atoms with Gasteiger partial charge in [0.25, 0.3) is 0 Å². The third-order valence-electron chi connectivity index (χ3n) is 3.39. The Kier molecular flexibility index (Phi) is 4.45. The highest BCUT2D eigenvalue weighted by Gasteiger charge is 2.11. The summed E-state index contributed by atoms with van der Waals surface area (Å²) < 4.78 is 1.91. The molecule has 0 spiro atoms. The second-order valence-corrected chi connectivity index (χ2v) is 5.59. The van der Waals surface area contributed by atoms with Crippen molar-refractivity contribution in [3.63, 3.8) is 0 Å². The van der Waals surface area contributed by atoms with Crippen LogP contribution < -0.4 is 4.90 Å². The fourth-order valence-corrected chi connectivity index (χ4v) is 2.08. The van der Waals surface area contributed by atoms with E-state index < -0.39 is 6.10 Å². The quantitative estimate of drug-likeness (QED) is 0.910. The summed E-state index contributed by atoms with van der Waals surface area (Å²) in [5.74, 6) is 0. The first-order valence-electron chi connectivity index (χ1n) is 6.96. The third-order valence-corrected chi connectivity index (χ3v) is 3.39. The number of aliphatic hydroxyl groups is 1. The van der Waals surface area contributed by atoms with Gasteiger partial charge in [-0.1, -0.05) is 12.1 Å². The lowest BCUT2D eigenvalue weighted by Crippen LogP contribution is -2.09. The lowest BCUT2D eigenvalue weighted by Gasteiger charge is -2.14. The van der Waals surface area contributed by atoms with E-state index in [1.807, 2.05) is 60.2 Å². The van der Waals surface area contributed by atoms with Gasteiger partial charge in [0, 0.05) is 38.4 Å². The van der Waals surface area contributed by atoms with Crippen molar-refractivity contribution in [2.75, 3.05) is 19.0 Å². The van der Waals surface area contributed by atoms with Crippen molar-refractivity contribution in [2.45, 2.75) is 32.4 Å². The molecule has 1 heterocycles. The molecule has 0 aliphatic rings. The minimum atomic E-state index is -0.512. The van der Waals surface area contributed by atoms with E-state index in [2.05, 4.69) is 18.9 Å². The second kappa shape index (κ2) is 6.09. The summed E-state index contributed by atoms with van der Waals surface area (Å²) >= 11 is 0. The SMILES string of the molecule is CC(C)n1ccc(CC(O)c2ccc(N(C)C)cc2)n1. The number of benzene rings is 1. The Morgan fingerprint density at radius 2 is 1.80 bits per heavy atom. The van der Waals surface area contributed by atoms with Gasteiger partial charge in [0.15, 0.2) is 0 Å². The van der Waals surface area contributed by atoms with Crippen LogP contribution in [0.5, 0.6) is 0 Å². The van der Waals surface area contributed by atoms with Crippen molar-refractivity contribution in [3.05, 3.63) is 47.8 Å². The molecule has 4 heteroatoms. The Hall–Kier alpha value is -1.81. The molecule has 0 aliphatic carbocycles. The summed E-state index contributed by atoms with van der Waals surface area (Å²) in [7, 11) is 4.01. The first-order valence-corrected chi connectivity index (χ1v) is 6.96. The largest absolute Gasteiger partial charge is 0.388 e. The highest BCUT2D eigenvalue weighted by molar-refractivity contribution is 5.46. The van der Waals surface area contributed by atoms with Crippen molar-refractivity contribution >= 4 is 5.69 Å². The molecule has 0 aliphatic heterocycles. The number of nitrogens with zero attached hydrogens (tertiary/aromatic N) is 3. The average molecular weight is 273 g/mol. The summed E-state index contributed by atoms with van der Waals surface area (Å²) in [4.78, 5) is 2.04. The van der Waals surface area contributed by atoms with Gasteiger partial charge in [-0.2, -0.15) is 5.10 Å². The lowest BCUT2D eigenvalue weighted by molar-refractivity contribution is 0.177. The van der Waals surface area contributed by atoms with Crippen LogP contribution in [0.15, 0.2) is 36.5 Å². The van der Waals surface area contributed by atoms with Crippen molar-refractivity contribution in [1.29, 1.82) is 0 Å². The molecule has 20 heavy (non-hydrogen) atoms. The molecule has 2 aromatic rings. The maximum Gasteiger partial charge on any atom is 0.0846 e. The van der Waals surface area contributed by atoms with E-state index in [-0.39, 0.29) is 0 Å². The fraction of sp³-hybridized carbons (Fsp3) is 0.438.